The van der Waals surface area contributed by atoms with E-state index in [1.54, 1.807) is 0 Å². The van der Waals surface area contributed by atoms with Crippen LogP contribution in [0.5, 0.6) is 0 Å². The first-order chi connectivity index (χ1) is 7.66. The average molecular weight is 216 g/mol. The summed E-state index contributed by atoms with van der Waals surface area (Å²) in [4.78, 5) is 8.71. The van der Waals surface area contributed by atoms with Gasteiger partial charge in [-0.05, 0) is 25.5 Å². The Morgan fingerprint density at radius 2 is 2.19 bits per heavy atom. The van der Waals surface area contributed by atoms with Crippen LogP contribution >= 0.6 is 0 Å². The minimum atomic E-state index is 0.705. The van der Waals surface area contributed by atoms with Crippen molar-refractivity contribution in [2.24, 2.45) is 7.05 Å². The Morgan fingerprint density at radius 3 is 2.81 bits per heavy atom. The van der Waals surface area contributed by atoms with Crippen LogP contribution in [0.15, 0.2) is 24.5 Å². The molecule has 0 saturated heterocycles. The zero-order valence-electron chi connectivity index (χ0n) is 9.86. The monoisotopic (exact) mass is 216 g/mol. The summed E-state index contributed by atoms with van der Waals surface area (Å²) in [5.74, 6) is 0.877. The molecule has 2 rings (SSSR count). The summed E-state index contributed by atoms with van der Waals surface area (Å²) in [6, 6.07) is 4.01. The molecule has 0 atom stereocenters. The molecule has 0 unspecified atom stereocenters. The topological polar surface area (TPSA) is 42.7 Å². The van der Waals surface area contributed by atoms with E-state index < -0.39 is 0 Å². The molecule has 0 spiro atoms. The number of anilines is 1. The maximum atomic E-state index is 4.38. The highest BCUT2D eigenvalue weighted by atomic mass is 15.2. The van der Waals surface area contributed by atoms with Gasteiger partial charge < -0.3 is 9.88 Å². The van der Waals surface area contributed by atoms with Gasteiger partial charge in [-0.2, -0.15) is 0 Å². The second-order valence-electron chi connectivity index (χ2n) is 3.94. The molecule has 0 saturated carbocycles. The Morgan fingerprint density at radius 1 is 1.38 bits per heavy atom. The molecule has 0 amide bonds. The number of hydrogen-bond acceptors (Lipinski definition) is 3. The summed E-state index contributed by atoms with van der Waals surface area (Å²) in [5, 5.41) is 3.28. The van der Waals surface area contributed by atoms with E-state index in [-0.39, 0.29) is 0 Å². The smallest absolute Gasteiger partial charge is 0.203 e. The molecule has 2 aromatic heterocycles. The van der Waals surface area contributed by atoms with Crippen LogP contribution in [0.25, 0.3) is 0 Å². The molecule has 4 heteroatoms. The average Bonchev–Trinajstić information content (AvgIpc) is 2.56. The van der Waals surface area contributed by atoms with E-state index in [2.05, 4.69) is 28.3 Å². The number of pyridine rings is 1. The van der Waals surface area contributed by atoms with Gasteiger partial charge in [-0.1, -0.05) is 6.07 Å². The summed E-state index contributed by atoms with van der Waals surface area (Å²) < 4.78 is 1.98. The molecule has 1 N–H and O–H groups in total. The molecule has 0 fully saturated rings. The molecule has 4 nitrogen and oxygen atoms in total. The zero-order valence-corrected chi connectivity index (χ0v) is 9.86. The minimum Gasteiger partial charge on any atom is -0.350 e. The predicted molar refractivity (Wildman–Crippen MR) is 64.2 cm³/mol. The van der Waals surface area contributed by atoms with E-state index in [9.17, 15) is 0 Å². The van der Waals surface area contributed by atoms with E-state index in [4.69, 9.17) is 0 Å². The third-order valence-corrected chi connectivity index (χ3v) is 2.53. The van der Waals surface area contributed by atoms with Crippen molar-refractivity contribution in [2.45, 2.75) is 20.4 Å². The molecule has 0 radical (unpaired) electrons. The van der Waals surface area contributed by atoms with Gasteiger partial charge in [0.25, 0.3) is 0 Å². The molecule has 2 aromatic rings. The van der Waals surface area contributed by atoms with Crippen molar-refractivity contribution in [3.05, 3.63) is 41.5 Å². The van der Waals surface area contributed by atoms with Crippen molar-refractivity contribution in [3.63, 3.8) is 0 Å². The molecular weight excluding hydrogens is 200 g/mol. The van der Waals surface area contributed by atoms with Crippen LogP contribution in [0.1, 0.15) is 17.0 Å². The van der Waals surface area contributed by atoms with E-state index in [1.165, 1.54) is 5.56 Å². The van der Waals surface area contributed by atoms with Crippen molar-refractivity contribution < 1.29 is 0 Å². The first-order valence-corrected chi connectivity index (χ1v) is 5.31. The van der Waals surface area contributed by atoms with Gasteiger partial charge in [0.15, 0.2) is 0 Å². The molecule has 0 aromatic carbocycles. The standard InChI is InChI=1S/C12H16N4/c1-9-5-4-6-13-11(9)7-14-12-15-10(2)8-16(12)3/h4-6,8H,7H2,1-3H3,(H,14,15). The first-order valence-electron chi connectivity index (χ1n) is 5.31. The molecule has 84 valence electrons. The van der Waals surface area contributed by atoms with E-state index in [0.717, 1.165) is 17.3 Å². The van der Waals surface area contributed by atoms with Gasteiger partial charge in [-0.3, -0.25) is 4.98 Å². The van der Waals surface area contributed by atoms with Gasteiger partial charge in [0, 0.05) is 19.4 Å². The van der Waals surface area contributed by atoms with Crippen molar-refractivity contribution in [2.75, 3.05) is 5.32 Å². The van der Waals surface area contributed by atoms with Crippen LogP contribution in [-0.4, -0.2) is 14.5 Å². The second kappa shape index (κ2) is 4.35. The third-order valence-electron chi connectivity index (χ3n) is 2.53. The van der Waals surface area contributed by atoms with Gasteiger partial charge in [-0.25, -0.2) is 4.98 Å². The number of nitrogens with zero attached hydrogens (tertiary/aromatic N) is 3. The molecule has 0 bridgehead atoms. The van der Waals surface area contributed by atoms with Crippen molar-refractivity contribution in [1.82, 2.24) is 14.5 Å². The zero-order chi connectivity index (χ0) is 11.5. The molecule has 2 heterocycles. The lowest BCUT2D eigenvalue weighted by Gasteiger charge is -2.07. The molecule has 0 aliphatic carbocycles. The molecular formula is C12H16N4. The van der Waals surface area contributed by atoms with E-state index in [1.807, 2.05) is 37.0 Å². The fourth-order valence-electron chi connectivity index (χ4n) is 1.65. The highest BCUT2D eigenvalue weighted by Crippen LogP contribution is 2.09. The van der Waals surface area contributed by atoms with Crippen LogP contribution in [0.4, 0.5) is 5.95 Å². The van der Waals surface area contributed by atoms with Crippen molar-refractivity contribution >= 4 is 5.95 Å². The Bertz CT molecular complexity index is 488. The van der Waals surface area contributed by atoms with Crippen LogP contribution in [0.3, 0.4) is 0 Å². The molecule has 16 heavy (non-hydrogen) atoms. The first kappa shape index (κ1) is 10.7. The van der Waals surface area contributed by atoms with Crippen LogP contribution < -0.4 is 5.32 Å². The van der Waals surface area contributed by atoms with Gasteiger partial charge in [0.1, 0.15) is 0 Å². The second-order valence-corrected chi connectivity index (χ2v) is 3.94. The summed E-state index contributed by atoms with van der Waals surface area (Å²) in [7, 11) is 1.98. The lowest BCUT2D eigenvalue weighted by Crippen LogP contribution is -2.07. The van der Waals surface area contributed by atoms with Crippen LogP contribution in [0.2, 0.25) is 0 Å². The number of nitrogens with one attached hydrogen (secondary N) is 1. The lowest BCUT2D eigenvalue weighted by molar-refractivity contribution is 0.889. The fraction of sp³-hybridized carbons (Fsp3) is 0.333. The fourth-order valence-corrected chi connectivity index (χ4v) is 1.65. The number of aromatic nitrogens is 3. The lowest BCUT2D eigenvalue weighted by atomic mass is 10.2. The number of rotatable bonds is 3. The largest absolute Gasteiger partial charge is 0.350 e. The number of imidazole rings is 1. The summed E-state index contributed by atoms with van der Waals surface area (Å²) in [6.07, 6.45) is 3.81. The highest BCUT2D eigenvalue weighted by molar-refractivity contribution is 5.30. The normalized spacial score (nSPS) is 10.4. The van der Waals surface area contributed by atoms with Gasteiger partial charge in [-0.15, -0.1) is 0 Å². The molecule has 0 aliphatic heterocycles. The summed E-state index contributed by atoms with van der Waals surface area (Å²) >= 11 is 0. The van der Waals surface area contributed by atoms with Crippen molar-refractivity contribution in [3.8, 4) is 0 Å². The Labute approximate surface area is 95.4 Å². The Hall–Kier alpha value is -1.84. The quantitative estimate of drug-likeness (QED) is 0.853. The Kier molecular flexibility index (Phi) is 2.90. The van der Waals surface area contributed by atoms with Gasteiger partial charge in [0.05, 0.1) is 17.9 Å². The maximum Gasteiger partial charge on any atom is 0.203 e. The summed E-state index contributed by atoms with van der Waals surface area (Å²) in [5.41, 5.74) is 3.27. The minimum absolute atomic E-state index is 0.705. The number of aryl methyl sites for hydroxylation is 3. The SMILES string of the molecule is Cc1cn(C)c(NCc2ncccc2C)n1. The van der Waals surface area contributed by atoms with Crippen molar-refractivity contribution in [1.29, 1.82) is 0 Å². The predicted octanol–water partition coefficient (Wildman–Crippen LogP) is 2.04. The van der Waals surface area contributed by atoms with Crippen LogP contribution in [-0.2, 0) is 13.6 Å². The third kappa shape index (κ3) is 2.21. The van der Waals surface area contributed by atoms with E-state index >= 15 is 0 Å². The van der Waals surface area contributed by atoms with E-state index in [0.29, 0.717) is 6.54 Å². The number of hydrogen-bond donors (Lipinski definition) is 1. The van der Waals surface area contributed by atoms with Gasteiger partial charge >= 0.3 is 0 Å². The Balaban J connectivity index is 2.08. The van der Waals surface area contributed by atoms with Crippen LogP contribution in [0, 0.1) is 13.8 Å². The highest BCUT2D eigenvalue weighted by Gasteiger charge is 2.03. The maximum absolute atomic E-state index is 4.38. The van der Waals surface area contributed by atoms with Gasteiger partial charge in [0.2, 0.25) is 5.95 Å². The summed E-state index contributed by atoms with van der Waals surface area (Å²) in [6.45, 7) is 4.75. The molecule has 0 aliphatic rings.